The lowest BCUT2D eigenvalue weighted by atomic mass is 9.84. The third-order valence-electron chi connectivity index (χ3n) is 4.37. The maximum atomic E-state index is 5.97. The number of anilines is 1. The van der Waals surface area contributed by atoms with Crippen LogP contribution in [0.5, 0.6) is 0 Å². The van der Waals surface area contributed by atoms with Crippen molar-refractivity contribution < 1.29 is 0 Å². The Kier molecular flexibility index (Phi) is 4.91. The minimum absolute atomic E-state index is 0.355. The third-order valence-corrected chi connectivity index (χ3v) is 4.37. The summed E-state index contributed by atoms with van der Waals surface area (Å²) in [6, 6.07) is 14.3. The van der Waals surface area contributed by atoms with Crippen molar-refractivity contribution in [2.75, 3.05) is 5.32 Å². The van der Waals surface area contributed by atoms with Crippen LogP contribution in [0.15, 0.2) is 47.5 Å². The lowest BCUT2D eigenvalue weighted by molar-refractivity contribution is 0.443. The van der Waals surface area contributed by atoms with E-state index in [1.807, 2.05) is 25.1 Å². The second-order valence-corrected chi connectivity index (χ2v) is 6.22. The molecule has 1 aliphatic rings. The first-order chi connectivity index (χ1) is 11.2. The predicted octanol–water partition coefficient (Wildman–Crippen LogP) is 4.50. The van der Waals surface area contributed by atoms with Crippen LogP contribution in [0.25, 0.3) is 0 Å². The van der Waals surface area contributed by atoms with Gasteiger partial charge in [0, 0.05) is 11.4 Å². The Morgan fingerprint density at radius 3 is 2.52 bits per heavy atom. The maximum Gasteiger partial charge on any atom is 0.199 e. The molecule has 3 N–H and O–H groups in total. The zero-order valence-corrected chi connectivity index (χ0v) is 13.6. The average Bonchev–Trinajstić information content (AvgIpc) is 2.56. The lowest BCUT2D eigenvalue weighted by Gasteiger charge is -2.22. The van der Waals surface area contributed by atoms with Crippen molar-refractivity contribution >= 4 is 17.5 Å². The van der Waals surface area contributed by atoms with Gasteiger partial charge in [-0.15, -0.1) is 0 Å². The molecule has 1 fully saturated rings. The van der Waals surface area contributed by atoms with E-state index in [0.717, 1.165) is 17.3 Å². The highest BCUT2D eigenvalue weighted by Gasteiger charge is 2.15. The van der Waals surface area contributed by atoms with Crippen LogP contribution in [0.4, 0.5) is 11.5 Å². The zero-order valence-electron chi connectivity index (χ0n) is 13.6. The monoisotopic (exact) mass is 308 g/mol. The molecule has 1 saturated carbocycles. The molecule has 1 aromatic heterocycles. The second-order valence-electron chi connectivity index (χ2n) is 6.22. The van der Waals surface area contributed by atoms with Gasteiger partial charge in [-0.3, -0.25) is 0 Å². The van der Waals surface area contributed by atoms with E-state index >= 15 is 0 Å². The van der Waals surface area contributed by atoms with Gasteiger partial charge in [0.25, 0.3) is 0 Å². The Bertz CT molecular complexity index is 670. The molecule has 0 amide bonds. The molecule has 2 aromatic rings. The van der Waals surface area contributed by atoms with Crippen LogP contribution in [0.2, 0.25) is 0 Å². The molecule has 3 rings (SSSR count). The van der Waals surface area contributed by atoms with Crippen molar-refractivity contribution in [3.63, 3.8) is 0 Å². The molecule has 0 radical (unpaired) electrons. The summed E-state index contributed by atoms with van der Waals surface area (Å²) in [6.45, 7) is 1.94. The first kappa shape index (κ1) is 15.5. The van der Waals surface area contributed by atoms with Crippen molar-refractivity contribution in [2.24, 2.45) is 10.7 Å². The molecule has 4 heteroatoms. The number of rotatable bonds is 3. The first-order valence-electron chi connectivity index (χ1n) is 8.35. The number of hydrogen-bond acceptors (Lipinski definition) is 2. The SMILES string of the molecule is Cc1cccc(/N=C(\N)Nc2ccc(C3CCCCC3)cc2)n1. The largest absolute Gasteiger partial charge is 0.369 e. The van der Waals surface area contributed by atoms with Gasteiger partial charge in [0.2, 0.25) is 0 Å². The van der Waals surface area contributed by atoms with Crippen molar-refractivity contribution in [3.05, 3.63) is 53.7 Å². The summed E-state index contributed by atoms with van der Waals surface area (Å²) in [6.07, 6.45) is 6.72. The van der Waals surface area contributed by atoms with Gasteiger partial charge < -0.3 is 11.1 Å². The molecule has 0 bridgehead atoms. The summed E-state index contributed by atoms with van der Waals surface area (Å²) in [5.74, 6) is 1.70. The second kappa shape index (κ2) is 7.27. The van der Waals surface area contributed by atoms with Crippen LogP contribution in [0.1, 0.15) is 49.3 Å². The summed E-state index contributed by atoms with van der Waals surface area (Å²) in [4.78, 5) is 8.62. The van der Waals surface area contributed by atoms with E-state index in [4.69, 9.17) is 5.73 Å². The quantitative estimate of drug-likeness (QED) is 0.648. The summed E-state index contributed by atoms with van der Waals surface area (Å²) < 4.78 is 0. The van der Waals surface area contributed by atoms with E-state index in [0.29, 0.717) is 11.8 Å². The van der Waals surface area contributed by atoms with Gasteiger partial charge in [-0.2, -0.15) is 4.99 Å². The Morgan fingerprint density at radius 1 is 1.09 bits per heavy atom. The average molecular weight is 308 g/mol. The van der Waals surface area contributed by atoms with Gasteiger partial charge in [-0.05, 0) is 55.5 Å². The third kappa shape index (κ3) is 4.31. The molecule has 1 aliphatic carbocycles. The van der Waals surface area contributed by atoms with E-state index in [2.05, 4.69) is 39.6 Å². The number of nitrogens with one attached hydrogen (secondary N) is 1. The van der Waals surface area contributed by atoms with Crippen LogP contribution in [-0.2, 0) is 0 Å². The molecule has 1 heterocycles. The highest BCUT2D eigenvalue weighted by Crippen LogP contribution is 2.32. The summed E-state index contributed by atoms with van der Waals surface area (Å²) in [7, 11) is 0. The van der Waals surface area contributed by atoms with E-state index in [1.165, 1.54) is 37.7 Å². The van der Waals surface area contributed by atoms with Crippen LogP contribution in [-0.4, -0.2) is 10.9 Å². The Morgan fingerprint density at radius 2 is 1.83 bits per heavy atom. The minimum Gasteiger partial charge on any atom is -0.369 e. The number of hydrogen-bond donors (Lipinski definition) is 2. The number of aromatic nitrogens is 1. The van der Waals surface area contributed by atoms with Gasteiger partial charge in [-0.1, -0.05) is 37.5 Å². The predicted molar refractivity (Wildman–Crippen MR) is 96.1 cm³/mol. The molecule has 0 aliphatic heterocycles. The van der Waals surface area contributed by atoms with E-state index in [1.54, 1.807) is 0 Å². The van der Waals surface area contributed by atoms with E-state index < -0.39 is 0 Å². The van der Waals surface area contributed by atoms with Gasteiger partial charge in [0.1, 0.15) is 0 Å². The number of aryl methyl sites for hydroxylation is 1. The summed E-state index contributed by atoms with van der Waals surface area (Å²) in [5, 5.41) is 3.13. The topological polar surface area (TPSA) is 63.3 Å². The minimum atomic E-state index is 0.355. The van der Waals surface area contributed by atoms with Crippen LogP contribution in [0, 0.1) is 6.92 Å². The molecular weight excluding hydrogens is 284 g/mol. The highest BCUT2D eigenvalue weighted by atomic mass is 15.1. The van der Waals surface area contributed by atoms with Gasteiger partial charge in [0.15, 0.2) is 11.8 Å². The van der Waals surface area contributed by atoms with Crippen LogP contribution in [0.3, 0.4) is 0 Å². The fourth-order valence-electron chi connectivity index (χ4n) is 3.16. The van der Waals surface area contributed by atoms with Crippen molar-refractivity contribution in [1.29, 1.82) is 0 Å². The Hall–Kier alpha value is -2.36. The van der Waals surface area contributed by atoms with Crippen LogP contribution < -0.4 is 11.1 Å². The number of nitrogens with zero attached hydrogens (tertiary/aromatic N) is 2. The van der Waals surface area contributed by atoms with Gasteiger partial charge >= 0.3 is 0 Å². The number of nitrogens with two attached hydrogens (primary N) is 1. The van der Waals surface area contributed by atoms with Crippen molar-refractivity contribution in [2.45, 2.75) is 44.9 Å². The first-order valence-corrected chi connectivity index (χ1v) is 8.35. The molecule has 0 spiro atoms. The number of aliphatic imine (C=N–C) groups is 1. The molecule has 0 saturated heterocycles. The van der Waals surface area contributed by atoms with E-state index in [9.17, 15) is 0 Å². The molecule has 0 unspecified atom stereocenters. The molecule has 0 atom stereocenters. The fraction of sp³-hybridized carbons (Fsp3) is 0.368. The Balaban J connectivity index is 1.65. The summed E-state index contributed by atoms with van der Waals surface area (Å²) >= 11 is 0. The highest BCUT2D eigenvalue weighted by molar-refractivity contribution is 5.93. The lowest BCUT2D eigenvalue weighted by Crippen LogP contribution is -2.22. The molecule has 4 nitrogen and oxygen atoms in total. The van der Waals surface area contributed by atoms with E-state index in [-0.39, 0.29) is 0 Å². The Labute approximate surface area is 137 Å². The number of benzene rings is 1. The molecular formula is C19H24N4. The van der Waals surface area contributed by atoms with Crippen molar-refractivity contribution in [1.82, 2.24) is 4.98 Å². The van der Waals surface area contributed by atoms with Gasteiger partial charge in [0.05, 0.1) is 0 Å². The summed E-state index contributed by atoms with van der Waals surface area (Å²) in [5.41, 5.74) is 9.29. The molecule has 120 valence electrons. The van der Waals surface area contributed by atoms with Gasteiger partial charge in [-0.25, -0.2) is 4.98 Å². The number of guanidine groups is 1. The number of pyridine rings is 1. The van der Waals surface area contributed by atoms with Crippen LogP contribution >= 0.6 is 0 Å². The fourth-order valence-corrected chi connectivity index (χ4v) is 3.16. The standard InChI is InChI=1S/C19H24N4/c1-14-6-5-9-18(21-14)23-19(20)22-17-12-10-16(11-13-17)15-7-3-2-4-8-15/h5-6,9-13,15H,2-4,7-8H2,1H3,(H3,20,21,22,23). The van der Waals surface area contributed by atoms with Crippen molar-refractivity contribution in [3.8, 4) is 0 Å². The molecule has 1 aromatic carbocycles. The molecule has 23 heavy (non-hydrogen) atoms. The normalized spacial score (nSPS) is 16.3. The smallest absolute Gasteiger partial charge is 0.199 e. The maximum absolute atomic E-state index is 5.97. The zero-order chi connectivity index (χ0) is 16.1.